The Labute approximate surface area is 137 Å². The van der Waals surface area contributed by atoms with Crippen molar-refractivity contribution in [3.63, 3.8) is 0 Å². The van der Waals surface area contributed by atoms with Crippen LogP contribution in [0.15, 0.2) is 57.4 Å². The number of hydrogen-bond donors (Lipinski definition) is 1. The monoisotopic (exact) mass is 363 g/mol. The minimum Gasteiger partial charge on any atom is -0.459 e. The zero-order valence-electron chi connectivity index (χ0n) is 11.6. The van der Waals surface area contributed by atoms with Gasteiger partial charge in [-0.15, -0.1) is 0 Å². The second-order valence-corrected chi connectivity index (χ2v) is 6.32. The van der Waals surface area contributed by atoms with Crippen molar-refractivity contribution in [3.05, 3.63) is 69.3 Å². The first-order chi connectivity index (χ1) is 10.1. The molecule has 3 aromatic rings. The second kappa shape index (κ2) is 6.22. The van der Waals surface area contributed by atoms with Crippen LogP contribution in [0, 0.1) is 0 Å². The average Bonchev–Trinajstić information content (AvgIpc) is 2.90. The zero-order chi connectivity index (χ0) is 14.8. The Morgan fingerprint density at radius 2 is 2.00 bits per heavy atom. The van der Waals surface area contributed by atoms with Gasteiger partial charge in [0.15, 0.2) is 0 Å². The molecule has 4 heteroatoms. The fourth-order valence-electron chi connectivity index (χ4n) is 2.24. The van der Waals surface area contributed by atoms with Crippen LogP contribution in [0.5, 0.6) is 0 Å². The first-order valence-electron chi connectivity index (χ1n) is 6.79. The first-order valence-corrected chi connectivity index (χ1v) is 7.96. The maximum absolute atomic E-state index is 5.96. The van der Waals surface area contributed by atoms with Gasteiger partial charge in [0, 0.05) is 21.4 Å². The number of nitrogens with one attached hydrogen (secondary N) is 1. The Kier molecular flexibility index (Phi) is 4.34. The third kappa shape index (κ3) is 3.31. The quantitative estimate of drug-likeness (QED) is 0.642. The highest BCUT2D eigenvalue weighted by molar-refractivity contribution is 9.10. The predicted molar refractivity (Wildman–Crippen MR) is 90.6 cm³/mol. The van der Waals surface area contributed by atoms with Gasteiger partial charge in [-0.25, -0.2) is 0 Å². The van der Waals surface area contributed by atoms with Gasteiger partial charge in [0.25, 0.3) is 0 Å². The van der Waals surface area contributed by atoms with E-state index in [-0.39, 0.29) is 6.04 Å². The number of rotatable bonds is 4. The smallest absolute Gasteiger partial charge is 0.134 e. The fraction of sp³-hybridized carbons (Fsp3) is 0.176. The summed E-state index contributed by atoms with van der Waals surface area (Å²) in [6.07, 6.45) is 0. The Morgan fingerprint density at radius 3 is 2.76 bits per heavy atom. The Bertz CT molecular complexity index is 735. The number of hydrogen-bond acceptors (Lipinski definition) is 2. The van der Waals surface area contributed by atoms with Crippen LogP contribution in [0.4, 0.5) is 0 Å². The van der Waals surface area contributed by atoms with Crippen LogP contribution < -0.4 is 5.32 Å². The van der Waals surface area contributed by atoms with E-state index in [4.69, 9.17) is 16.0 Å². The standard InChI is InChI=1S/C17H15BrClNO/c1-11(17-8-12-4-2-3-5-16(12)21-17)20-10-13-6-7-14(19)9-15(13)18/h2-9,11,20H,10H2,1H3. The van der Waals surface area contributed by atoms with E-state index < -0.39 is 0 Å². The number of para-hydroxylation sites is 1. The molecular formula is C17H15BrClNO. The topological polar surface area (TPSA) is 25.2 Å². The van der Waals surface area contributed by atoms with Crippen LogP contribution in [0.25, 0.3) is 11.0 Å². The summed E-state index contributed by atoms with van der Waals surface area (Å²) in [5.41, 5.74) is 2.09. The lowest BCUT2D eigenvalue weighted by atomic mass is 10.2. The zero-order valence-corrected chi connectivity index (χ0v) is 13.9. The van der Waals surface area contributed by atoms with Gasteiger partial charge in [0.2, 0.25) is 0 Å². The summed E-state index contributed by atoms with van der Waals surface area (Å²) in [7, 11) is 0. The van der Waals surface area contributed by atoms with Crippen LogP contribution >= 0.6 is 27.5 Å². The fourth-order valence-corrected chi connectivity index (χ4v) is 3.07. The maximum atomic E-state index is 5.96. The van der Waals surface area contributed by atoms with E-state index in [1.807, 2.05) is 36.4 Å². The highest BCUT2D eigenvalue weighted by atomic mass is 79.9. The summed E-state index contributed by atoms with van der Waals surface area (Å²) in [6.45, 7) is 2.84. The van der Waals surface area contributed by atoms with Crippen molar-refractivity contribution in [2.75, 3.05) is 0 Å². The van der Waals surface area contributed by atoms with Crippen LogP contribution in [0.3, 0.4) is 0 Å². The Balaban J connectivity index is 1.72. The van der Waals surface area contributed by atoms with Crippen LogP contribution in [0.2, 0.25) is 5.02 Å². The summed E-state index contributed by atoms with van der Waals surface area (Å²) in [6, 6.07) is 16.1. The minimum atomic E-state index is 0.139. The molecule has 21 heavy (non-hydrogen) atoms. The molecule has 1 aromatic heterocycles. The summed E-state index contributed by atoms with van der Waals surface area (Å²) >= 11 is 9.49. The molecule has 1 N–H and O–H groups in total. The van der Waals surface area contributed by atoms with Crippen molar-refractivity contribution in [2.45, 2.75) is 19.5 Å². The second-order valence-electron chi connectivity index (χ2n) is 5.02. The lowest BCUT2D eigenvalue weighted by Crippen LogP contribution is -2.17. The van der Waals surface area contributed by atoms with Gasteiger partial charge in [0.05, 0.1) is 6.04 Å². The van der Waals surface area contributed by atoms with Crippen molar-refractivity contribution in [1.82, 2.24) is 5.32 Å². The van der Waals surface area contributed by atoms with Gasteiger partial charge < -0.3 is 9.73 Å². The molecule has 0 saturated carbocycles. The van der Waals surface area contributed by atoms with E-state index >= 15 is 0 Å². The van der Waals surface area contributed by atoms with E-state index in [1.165, 1.54) is 5.56 Å². The van der Waals surface area contributed by atoms with Crippen LogP contribution in [-0.4, -0.2) is 0 Å². The van der Waals surface area contributed by atoms with Crippen LogP contribution in [-0.2, 0) is 6.54 Å². The lowest BCUT2D eigenvalue weighted by molar-refractivity contribution is 0.450. The third-order valence-electron chi connectivity index (χ3n) is 3.49. The first kappa shape index (κ1) is 14.6. The summed E-state index contributed by atoms with van der Waals surface area (Å²) < 4.78 is 6.89. The average molecular weight is 365 g/mol. The normalized spacial score (nSPS) is 12.7. The molecule has 2 nitrogen and oxygen atoms in total. The molecule has 0 spiro atoms. The molecule has 0 aliphatic heterocycles. The van der Waals surface area contributed by atoms with E-state index in [0.717, 1.165) is 32.8 Å². The maximum Gasteiger partial charge on any atom is 0.134 e. The molecule has 1 heterocycles. The summed E-state index contributed by atoms with van der Waals surface area (Å²) in [5, 5.41) is 5.34. The number of furan rings is 1. The third-order valence-corrected chi connectivity index (χ3v) is 4.46. The molecule has 1 atom stereocenters. The van der Waals surface area contributed by atoms with Gasteiger partial charge >= 0.3 is 0 Å². The van der Waals surface area contributed by atoms with Gasteiger partial charge in [-0.3, -0.25) is 0 Å². The van der Waals surface area contributed by atoms with Crippen molar-refractivity contribution < 1.29 is 4.42 Å². The highest BCUT2D eigenvalue weighted by Crippen LogP contribution is 2.25. The molecule has 0 bridgehead atoms. The van der Waals surface area contributed by atoms with Gasteiger partial charge in [-0.2, -0.15) is 0 Å². The van der Waals surface area contributed by atoms with Crippen molar-refractivity contribution in [2.24, 2.45) is 0 Å². The molecular weight excluding hydrogens is 350 g/mol. The van der Waals surface area contributed by atoms with Crippen molar-refractivity contribution in [1.29, 1.82) is 0 Å². The Hall–Kier alpha value is -1.29. The minimum absolute atomic E-state index is 0.139. The number of halogens is 2. The highest BCUT2D eigenvalue weighted by Gasteiger charge is 2.11. The molecule has 0 fully saturated rings. The molecule has 2 aromatic carbocycles. The van der Waals surface area contributed by atoms with Gasteiger partial charge in [-0.1, -0.05) is 51.8 Å². The molecule has 0 aliphatic rings. The lowest BCUT2D eigenvalue weighted by Gasteiger charge is -2.12. The Morgan fingerprint density at radius 1 is 1.19 bits per heavy atom. The van der Waals surface area contributed by atoms with Crippen LogP contribution in [0.1, 0.15) is 24.3 Å². The number of fused-ring (bicyclic) bond motifs is 1. The van der Waals surface area contributed by atoms with Gasteiger partial charge in [0.1, 0.15) is 11.3 Å². The largest absolute Gasteiger partial charge is 0.459 e. The van der Waals surface area contributed by atoms with E-state index in [2.05, 4.69) is 40.3 Å². The summed E-state index contributed by atoms with van der Waals surface area (Å²) in [4.78, 5) is 0. The van der Waals surface area contributed by atoms with Gasteiger partial charge in [-0.05, 0) is 36.8 Å². The summed E-state index contributed by atoms with van der Waals surface area (Å²) in [5.74, 6) is 0.946. The number of benzene rings is 2. The van der Waals surface area contributed by atoms with E-state index in [1.54, 1.807) is 0 Å². The molecule has 0 saturated heterocycles. The molecule has 1 unspecified atom stereocenters. The molecule has 0 amide bonds. The molecule has 3 rings (SSSR count). The van der Waals surface area contributed by atoms with Crippen molar-refractivity contribution >= 4 is 38.5 Å². The molecule has 0 aliphatic carbocycles. The SMILES string of the molecule is CC(NCc1ccc(Cl)cc1Br)c1cc2ccccc2o1. The van der Waals surface area contributed by atoms with E-state index in [9.17, 15) is 0 Å². The van der Waals surface area contributed by atoms with E-state index in [0.29, 0.717) is 0 Å². The van der Waals surface area contributed by atoms with Crippen molar-refractivity contribution in [3.8, 4) is 0 Å². The molecule has 0 radical (unpaired) electrons. The predicted octanol–water partition coefficient (Wildman–Crippen LogP) is 5.70. The molecule has 108 valence electrons.